The second-order valence-corrected chi connectivity index (χ2v) is 7.48. The highest BCUT2D eigenvalue weighted by atomic mass is 16.6. The molecule has 2 aromatic carbocycles. The van der Waals surface area contributed by atoms with Crippen molar-refractivity contribution in [1.82, 2.24) is 10.4 Å². The number of non-ortho nitro benzene ring substituents is 1. The van der Waals surface area contributed by atoms with E-state index < -0.39 is 16.7 Å². The highest BCUT2D eigenvalue weighted by molar-refractivity contribution is 5.95. The number of benzene rings is 2. The van der Waals surface area contributed by atoms with Crippen LogP contribution in [0.2, 0.25) is 0 Å². The van der Waals surface area contributed by atoms with Crippen molar-refractivity contribution in [1.29, 1.82) is 0 Å². The lowest BCUT2D eigenvalue weighted by atomic mass is 10.1. The van der Waals surface area contributed by atoms with Crippen molar-refractivity contribution >= 4 is 35.1 Å². The molecule has 36 heavy (non-hydrogen) atoms. The zero-order chi connectivity index (χ0) is 25.9. The van der Waals surface area contributed by atoms with Crippen molar-refractivity contribution < 1.29 is 19.2 Å². The summed E-state index contributed by atoms with van der Waals surface area (Å²) in [5.74, 6) is -0.526. The van der Waals surface area contributed by atoms with E-state index in [1.807, 2.05) is 19.9 Å². The Balaban J connectivity index is 1.73. The number of hydrogen-bond acceptors (Lipinski definition) is 8. The number of carbonyl (C=O) groups excluding carboxylic acids is 2. The normalized spacial score (nSPS) is 10.6. The Bertz CT molecular complexity index is 1240. The second-order valence-electron chi connectivity index (χ2n) is 7.48. The number of amides is 2. The van der Waals surface area contributed by atoms with Crippen LogP contribution in [0.5, 0.6) is 5.75 Å². The Morgan fingerprint density at radius 3 is 2.64 bits per heavy atom. The van der Waals surface area contributed by atoms with Crippen molar-refractivity contribution in [3.8, 4) is 5.75 Å². The number of hydrazone groups is 1. The summed E-state index contributed by atoms with van der Waals surface area (Å²) in [6, 6.07) is 14.4. The number of rotatable bonds is 11. The molecule has 0 aliphatic rings. The summed E-state index contributed by atoms with van der Waals surface area (Å²) >= 11 is 0. The van der Waals surface area contributed by atoms with Gasteiger partial charge in [0.15, 0.2) is 6.61 Å². The van der Waals surface area contributed by atoms with E-state index in [-0.39, 0.29) is 18.0 Å². The van der Waals surface area contributed by atoms with Crippen molar-refractivity contribution in [2.24, 2.45) is 5.10 Å². The van der Waals surface area contributed by atoms with E-state index in [2.05, 4.69) is 25.7 Å². The van der Waals surface area contributed by atoms with Crippen LogP contribution in [-0.2, 0) is 4.79 Å². The van der Waals surface area contributed by atoms with Crippen LogP contribution >= 0.6 is 0 Å². The molecule has 0 radical (unpaired) electrons. The fraction of sp³-hybridized carbons (Fsp3) is 0.200. The third kappa shape index (κ3) is 7.10. The van der Waals surface area contributed by atoms with Gasteiger partial charge in [-0.05, 0) is 44.2 Å². The van der Waals surface area contributed by atoms with Gasteiger partial charge >= 0.3 is 0 Å². The van der Waals surface area contributed by atoms with Gasteiger partial charge in [-0.25, -0.2) is 5.43 Å². The lowest BCUT2D eigenvalue weighted by Gasteiger charge is -2.22. The topological polar surface area (TPSA) is 139 Å². The highest BCUT2D eigenvalue weighted by Crippen LogP contribution is 2.25. The van der Waals surface area contributed by atoms with E-state index >= 15 is 0 Å². The van der Waals surface area contributed by atoms with E-state index in [1.54, 1.807) is 36.5 Å². The molecule has 2 N–H and O–H groups in total. The third-order valence-corrected chi connectivity index (χ3v) is 5.12. The zero-order valence-corrected chi connectivity index (χ0v) is 19.9. The number of nitrogens with zero attached hydrogens (tertiary/aromatic N) is 4. The molecular formula is C25H26N6O5. The Labute approximate surface area is 207 Å². The molecular weight excluding hydrogens is 464 g/mol. The van der Waals surface area contributed by atoms with Crippen LogP contribution in [0.4, 0.5) is 17.1 Å². The monoisotopic (exact) mass is 490 g/mol. The predicted molar refractivity (Wildman–Crippen MR) is 137 cm³/mol. The molecule has 0 fully saturated rings. The number of ether oxygens (including phenoxy) is 1. The molecule has 186 valence electrons. The predicted octanol–water partition coefficient (Wildman–Crippen LogP) is 3.62. The van der Waals surface area contributed by atoms with Crippen LogP contribution in [0.25, 0.3) is 0 Å². The Morgan fingerprint density at radius 2 is 1.94 bits per heavy atom. The van der Waals surface area contributed by atoms with Crippen molar-refractivity contribution in [3.63, 3.8) is 0 Å². The Hall–Kier alpha value is -4.80. The van der Waals surface area contributed by atoms with Crippen molar-refractivity contribution in [2.45, 2.75) is 13.8 Å². The molecule has 0 saturated carbocycles. The highest BCUT2D eigenvalue weighted by Gasteiger charge is 2.12. The molecule has 3 rings (SSSR count). The van der Waals surface area contributed by atoms with Crippen LogP contribution in [0, 0.1) is 10.1 Å². The molecule has 11 heteroatoms. The quantitative estimate of drug-likeness (QED) is 0.238. The van der Waals surface area contributed by atoms with Gasteiger partial charge < -0.3 is 15.0 Å². The molecule has 0 aliphatic heterocycles. The van der Waals surface area contributed by atoms with Crippen molar-refractivity contribution in [2.75, 3.05) is 29.9 Å². The number of nitrogens with one attached hydrogen (secondary N) is 2. The van der Waals surface area contributed by atoms with E-state index in [0.29, 0.717) is 16.9 Å². The van der Waals surface area contributed by atoms with Gasteiger partial charge in [-0.3, -0.25) is 24.7 Å². The lowest BCUT2D eigenvalue weighted by Crippen LogP contribution is -2.23. The molecule has 0 bridgehead atoms. The van der Waals surface area contributed by atoms with Crippen LogP contribution in [-0.4, -0.2) is 47.6 Å². The van der Waals surface area contributed by atoms with Gasteiger partial charge in [0.1, 0.15) is 5.75 Å². The summed E-state index contributed by atoms with van der Waals surface area (Å²) < 4.78 is 5.78. The molecule has 0 aliphatic carbocycles. The molecule has 0 spiro atoms. The van der Waals surface area contributed by atoms with E-state index in [9.17, 15) is 19.7 Å². The minimum atomic E-state index is -0.538. The lowest BCUT2D eigenvalue weighted by molar-refractivity contribution is -0.384. The summed E-state index contributed by atoms with van der Waals surface area (Å²) in [5, 5.41) is 17.5. The molecule has 2 amide bonds. The first kappa shape index (κ1) is 25.8. The SMILES string of the molecule is CCN(CC)c1ccc(/C=N\NC(=O)c2cccnc2)c(OCC(=O)Nc2cccc([N+](=O)[O-])c2)c1. The van der Waals surface area contributed by atoms with Gasteiger partial charge in [0.05, 0.1) is 16.7 Å². The van der Waals surface area contributed by atoms with Crippen LogP contribution in [0.1, 0.15) is 29.8 Å². The summed E-state index contributed by atoms with van der Waals surface area (Å²) in [4.78, 5) is 41.1. The zero-order valence-electron chi connectivity index (χ0n) is 19.9. The Kier molecular flexibility index (Phi) is 9.04. The van der Waals surface area contributed by atoms with Crippen LogP contribution in [0.15, 0.2) is 72.1 Å². The van der Waals surface area contributed by atoms with Crippen LogP contribution in [0.3, 0.4) is 0 Å². The minimum absolute atomic E-state index is 0.132. The fourth-order valence-electron chi connectivity index (χ4n) is 3.30. The molecule has 0 saturated heterocycles. The van der Waals surface area contributed by atoms with E-state index in [1.165, 1.54) is 30.6 Å². The smallest absolute Gasteiger partial charge is 0.272 e. The van der Waals surface area contributed by atoms with Gasteiger partial charge in [-0.2, -0.15) is 5.10 Å². The van der Waals surface area contributed by atoms with Gasteiger partial charge in [0.2, 0.25) is 0 Å². The van der Waals surface area contributed by atoms with Crippen molar-refractivity contribution in [3.05, 3.63) is 88.2 Å². The molecule has 3 aromatic rings. The first-order chi connectivity index (χ1) is 17.4. The van der Waals surface area contributed by atoms with Gasteiger partial charge in [-0.1, -0.05) is 6.07 Å². The second kappa shape index (κ2) is 12.6. The van der Waals surface area contributed by atoms with Gasteiger partial charge in [0, 0.05) is 60.6 Å². The van der Waals surface area contributed by atoms with Crippen LogP contribution < -0.4 is 20.4 Å². The maximum Gasteiger partial charge on any atom is 0.272 e. The number of anilines is 2. The first-order valence-corrected chi connectivity index (χ1v) is 11.2. The maximum atomic E-state index is 12.5. The largest absolute Gasteiger partial charge is 0.483 e. The average molecular weight is 491 g/mol. The third-order valence-electron chi connectivity index (χ3n) is 5.12. The molecule has 0 atom stereocenters. The number of hydrogen-bond donors (Lipinski definition) is 2. The molecule has 0 unspecified atom stereocenters. The summed E-state index contributed by atoms with van der Waals surface area (Å²) in [5.41, 5.74) is 4.39. The van der Waals surface area contributed by atoms with Gasteiger partial charge in [-0.15, -0.1) is 0 Å². The number of pyridine rings is 1. The fourth-order valence-corrected chi connectivity index (χ4v) is 3.30. The average Bonchev–Trinajstić information content (AvgIpc) is 2.89. The summed E-state index contributed by atoms with van der Waals surface area (Å²) in [6.07, 6.45) is 4.42. The number of nitro groups is 1. The standard InChI is InChI=1S/C25H26N6O5/c1-3-30(4-2)21-11-10-18(16-27-29-25(33)19-7-6-12-26-15-19)23(14-21)36-17-24(32)28-20-8-5-9-22(13-20)31(34)35/h5-16H,3-4,17H2,1-2H3,(H,28,32)(H,29,33)/b27-16-. The summed E-state index contributed by atoms with van der Waals surface area (Å²) in [6.45, 7) is 5.27. The minimum Gasteiger partial charge on any atom is -0.483 e. The number of carbonyl (C=O) groups is 2. The summed E-state index contributed by atoms with van der Waals surface area (Å²) in [7, 11) is 0. The maximum absolute atomic E-state index is 12.5. The Morgan fingerprint density at radius 1 is 1.14 bits per heavy atom. The van der Waals surface area contributed by atoms with E-state index in [0.717, 1.165) is 18.8 Å². The molecule has 1 aromatic heterocycles. The first-order valence-electron chi connectivity index (χ1n) is 11.2. The number of aromatic nitrogens is 1. The number of nitro benzene ring substituents is 1. The van der Waals surface area contributed by atoms with E-state index in [4.69, 9.17) is 4.74 Å². The van der Waals surface area contributed by atoms with Gasteiger partial charge in [0.25, 0.3) is 17.5 Å². The molecule has 1 heterocycles. The molecule has 11 nitrogen and oxygen atoms in total.